The predicted molar refractivity (Wildman–Crippen MR) is 93.7 cm³/mol. The molecule has 9 heteroatoms. The summed E-state index contributed by atoms with van der Waals surface area (Å²) < 4.78 is 27.1. The van der Waals surface area contributed by atoms with Crippen molar-refractivity contribution in [3.8, 4) is 10.6 Å². The molecule has 24 heavy (non-hydrogen) atoms. The lowest BCUT2D eigenvalue weighted by atomic mass is 9.93. The SMILES string of the molecule is CN(C)S(=O)(=O)N1CCC(Cc2cncc(-c3cncs3)n2)CC1. The Morgan fingerprint density at radius 3 is 2.58 bits per heavy atom. The van der Waals surface area contributed by atoms with Gasteiger partial charge >= 0.3 is 0 Å². The van der Waals surface area contributed by atoms with Crippen molar-refractivity contribution in [1.82, 2.24) is 23.6 Å². The third-order valence-corrected chi connectivity index (χ3v) is 6.96. The second-order valence-corrected chi connectivity index (χ2v) is 9.13. The average Bonchev–Trinajstić information content (AvgIpc) is 3.10. The largest absolute Gasteiger partial charge is 0.281 e. The first-order chi connectivity index (χ1) is 11.5. The zero-order chi connectivity index (χ0) is 17.2. The van der Waals surface area contributed by atoms with Gasteiger partial charge in [-0.15, -0.1) is 11.3 Å². The van der Waals surface area contributed by atoms with Crippen molar-refractivity contribution in [2.75, 3.05) is 27.2 Å². The Bertz CT molecular complexity index is 769. The van der Waals surface area contributed by atoms with Gasteiger partial charge < -0.3 is 0 Å². The van der Waals surface area contributed by atoms with E-state index in [1.54, 1.807) is 53.8 Å². The molecule has 0 aromatic carbocycles. The van der Waals surface area contributed by atoms with Crippen molar-refractivity contribution in [1.29, 1.82) is 0 Å². The van der Waals surface area contributed by atoms with Gasteiger partial charge in [-0.05, 0) is 25.2 Å². The molecular formula is C15H21N5O2S2. The Morgan fingerprint density at radius 1 is 1.21 bits per heavy atom. The Kier molecular flexibility index (Phi) is 5.24. The molecule has 0 radical (unpaired) electrons. The minimum atomic E-state index is -3.30. The first-order valence-corrected chi connectivity index (χ1v) is 10.1. The minimum Gasteiger partial charge on any atom is -0.261 e. The van der Waals surface area contributed by atoms with E-state index < -0.39 is 10.2 Å². The zero-order valence-corrected chi connectivity index (χ0v) is 15.4. The van der Waals surface area contributed by atoms with Gasteiger partial charge in [-0.1, -0.05) is 0 Å². The summed E-state index contributed by atoms with van der Waals surface area (Å²) in [5.74, 6) is 0.435. The lowest BCUT2D eigenvalue weighted by Crippen LogP contribution is -2.44. The quantitative estimate of drug-likeness (QED) is 0.803. The van der Waals surface area contributed by atoms with Crippen LogP contribution in [0, 0.1) is 5.92 Å². The predicted octanol–water partition coefficient (Wildman–Crippen LogP) is 1.66. The number of aromatic nitrogens is 3. The summed E-state index contributed by atoms with van der Waals surface area (Å²) >= 11 is 1.54. The fourth-order valence-electron chi connectivity index (χ4n) is 2.84. The Labute approximate surface area is 146 Å². The van der Waals surface area contributed by atoms with Crippen LogP contribution in [0.15, 0.2) is 24.1 Å². The summed E-state index contributed by atoms with van der Waals surface area (Å²) in [7, 11) is -0.157. The molecule has 1 saturated heterocycles. The highest BCUT2D eigenvalue weighted by atomic mass is 32.2. The van der Waals surface area contributed by atoms with Gasteiger partial charge in [0.15, 0.2) is 0 Å². The fraction of sp³-hybridized carbons (Fsp3) is 0.533. The molecule has 0 amide bonds. The van der Waals surface area contributed by atoms with E-state index in [0.717, 1.165) is 35.5 Å². The van der Waals surface area contributed by atoms with Crippen molar-refractivity contribution in [3.05, 3.63) is 29.8 Å². The van der Waals surface area contributed by atoms with Crippen molar-refractivity contribution in [2.24, 2.45) is 5.92 Å². The summed E-state index contributed by atoms with van der Waals surface area (Å²) in [6.07, 6.45) is 7.87. The fourth-order valence-corrected chi connectivity index (χ4v) is 4.55. The molecule has 0 aliphatic carbocycles. The van der Waals surface area contributed by atoms with Crippen LogP contribution in [0.4, 0.5) is 0 Å². The highest BCUT2D eigenvalue weighted by Gasteiger charge is 2.29. The van der Waals surface area contributed by atoms with E-state index in [4.69, 9.17) is 0 Å². The first kappa shape index (κ1) is 17.4. The van der Waals surface area contributed by atoms with Gasteiger partial charge in [-0.25, -0.2) is 4.98 Å². The second-order valence-electron chi connectivity index (χ2n) is 6.10. The van der Waals surface area contributed by atoms with Crippen LogP contribution >= 0.6 is 11.3 Å². The molecule has 1 aliphatic heterocycles. The van der Waals surface area contributed by atoms with Crippen LogP contribution in [0.2, 0.25) is 0 Å². The van der Waals surface area contributed by atoms with Gasteiger partial charge in [0.05, 0.1) is 22.3 Å². The van der Waals surface area contributed by atoms with Crippen molar-refractivity contribution < 1.29 is 8.42 Å². The molecule has 2 aromatic heterocycles. The van der Waals surface area contributed by atoms with E-state index in [1.807, 2.05) is 0 Å². The van der Waals surface area contributed by atoms with Crippen LogP contribution in [0.25, 0.3) is 10.6 Å². The van der Waals surface area contributed by atoms with Gasteiger partial charge in [0.25, 0.3) is 10.2 Å². The molecule has 3 heterocycles. The van der Waals surface area contributed by atoms with Crippen LogP contribution in [-0.2, 0) is 16.6 Å². The summed E-state index contributed by atoms with van der Waals surface area (Å²) in [6, 6.07) is 0. The van der Waals surface area contributed by atoms with E-state index in [1.165, 1.54) is 4.31 Å². The lowest BCUT2D eigenvalue weighted by molar-refractivity contribution is 0.261. The third kappa shape index (κ3) is 3.80. The number of thiazole rings is 1. The molecule has 1 fully saturated rings. The molecule has 0 N–H and O–H groups in total. The highest BCUT2D eigenvalue weighted by Crippen LogP contribution is 2.25. The number of rotatable bonds is 5. The van der Waals surface area contributed by atoms with E-state index in [2.05, 4.69) is 15.0 Å². The van der Waals surface area contributed by atoms with Gasteiger partial charge in [0.2, 0.25) is 0 Å². The maximum absolute atomic E-state index is 12.2. The van der Waals surface area contributed by atoms with E-state index in [-0.39, 0.29) is 0 Å². The van der Waals surface area contributed by atoms with Crippen molar-refractivity contribution in [3.63, 3.8) is 0 Å². The summed E-state index contributed by atoms with van der Waals surface area (Å²) in [5, 5.41) is 0. The number of nitrogens with zero attached hydrogens (tertiary/aromatic N) is 5. The average molecular weight is 368 g/mol. The van der Waals surface area contributed by atoms with Crippen LogP contribution in [0.1, 0.15) is 18.5 Å². The maximum Gasteiger partial charge on any atom is 0.281 e. The third-order valence-electron chi connectivity index (χ3n) is 4.23. The van der Waals surface area contributed by atoms with Crippen LogP contribution in [0.5, 0.6) is 0 Å². The molecule has 1 aliphatic rings. The smallest absolute Gasteiger partial charge is 0.261 e. The lowest BCUT2D eigenvalue weighted by Gasteiger charge is -2.32. The van der Waals surface area contributed by atoms with Crippen molar-refractivity contribution >= 4 is 21.5 Å². The number of piperidine rings is 1. The van der Waals surface area contributed by atoms with Gasteiger partial charge in [0, 0.05) is 39.6 Å². The normalized spacial score (nSPS) is 17.5. The van der Waals surface area contributed by atoms with Gasteiger partial charge in [-0.2, -0.15) is 17.0 Å². The summed E-state index contributed by atoms with van der Waals surface area (Å²) in [5.41, 5.74) is 3.59. The molecule has 0 unspecified atom stereocenters. The molecule has 130 valence electrons. The monoisotopic (exact) mass is 367 g/mol. The minimum absolute atomic E-state index is 0.435. The molecule has 3 rings (SSSR count). The molecular weight excluding hydrogens is 346 g/mol. The maximum atomic E-state index is 12.2. The molecule has 0 bridgehead atoms. The Balaban J connectivity index is 1.62. The van der Waals surface area contributed by atoms with E-state index in [0.29, 0.717) is 19.0 Å². The molecule has 7 nitrogen and oxygen atoms in total. The van der Waals surface area contributed by atoms with Crippen LogP contribution in [-0.4, -0.2) is 59.2 Å². The van der Waals surface area contributed by atoms with Gasteiger partial charge in [-0.3, -0.25) is 9.97 Å². The van der Waals surface area contributed by atoms with Crippen molar-refractivity contribution in [2.45, 2.75) is 19.3 Å². The molecule has 0 spiro atoms. The summed E-state index contributed by atoms with van der Waals surface area (Å²) in [4.78, 5) is 14.0. The highest BCUT2D eigenvalue weighted by molar-refractivity contribution is 7.86. The number of hydrogen-bond acceptors (Lipinski definition) is 6. The first-order valence-electron chi connectivity index (χ1n) is 7.84. The Morgan fingerprint density at radius 2 is 1.96 bits per heavy atom. The topological polar surface area (TPSA) is 79.3 Å². The van der Waals surface area contributed by atoms with Crippen LogP contribution < -0.4 is 0 Å². The number of hydrogen-bond donors (Lipinski definition) is 0. The van der Waals surface area contributed by atoms with Crippen LogP contribution in [0.3, 0.4) is 0 Å². The summed E-state index contributed by atoms with van der Waals surface area (Å²) in [6.45, 7) is 1.13. The molecule has 2 aromatic rings. The molecule has 0 saturated carbocycles. The standard InChI is InChI=1S/C15H21N5O2S2/c1-19(2)24(21,22)20-5-3-12(4-6-20)7-13-8-16-9-14(18-13)15-10-17-11-23-15/h8-12H,3-7H2,1-2H3. The van der Waals surface area contributed by atoms with E-state index in [9.17, 15) is 8.42 Å². The zero-order valence-electron chi connectivity index (χ0n) is 13.8. The van der Waals surface area contributed by atoms with E-state index >= 15 is 0 Å². The van der Waals surface area contributed by atoms with Gasteiger partial charge in [0.1, 0.15) is 5.69 Å². The Hall–Kier alpha value is -1.42. The molecule has 0 atom stereocenters. The second kappa shape index (κ2) is 7.22.